The highest BCUT2D eigenvalue weighted by Crippen LogP contribution is 2.33. The quantitative estimate of drug-likeness (QED) is 0.903. The van der Waals surface area contributed by atoms with Gasteiger partial charge in [-0.3, -0.25) is 15.3 Å². The van der Waals surface area contributed by atoms with Crippen molar-refractivity contribution < 1.29 is 4.79 Å². The molecule has 0 unspecified atom stereocenters. The number of aromatic nitrogens is 3. The Morgan fingerprint density at radius 1 is 1.46 bits per heavy atom. The molecule has 1 N–H and O–H groups in total. The normalized spacial score (nSPS) is 16.5. The van der Waals surface area contributed by atoms with Crippen molar-refractivity contribution in [2.75, 3.05) is 18.9 Å². The van der Waals surface area contributed by atoms with E-state index < -0.39 is 0 Å². The Morgan fingerprint density at radius 2 is 2.33 bits per heavy atom. The van der Waals surface area contributed by atoms with E-state index in [1.807, 2.05) is 0 Å². The molecule has 2 aromatic heterocycles. The van der Waals surface area contributed by atoms with Crippen LogP contribution in [0.3, 0.4) is 0 Å². The number of fused-ring (bicyclic) bond motifs is 1. The highest BCUT2D eigenvalue weighted by atomic mass is 32.1. The summed E-state index contributed by atoms with van der Waals surface area (Å²) >= 11 is 1.62. The van der Waals surface area contributed by atoms with Gasteiger partial charge in [-0.1, -0.05) is 13.3 Å². The number of amides is 2. The van der Waals surface area contributed by atoms with Gasteiger partial charge < -0.3 is 4.90 Å². The van der Waals surface area contributed by atoms with Crippen molar-refractivity contribution >= 4 is 22.5 Å². The molecule has 6 nitrogen and oxygen atoms in total. The van der Waals surface area contributed by atoms with Crippen LogP contribution in [-0.4, -0.2) is 39.5 Å². The Morgan fingerprint density at radius 3 is 3.08 bits per heavy atom. The van der Waals surface area contributed by atoms with Crippen LogP contribution in [0.1, 0.15) is 36.0 Å². The lowest BCUT2D eigenvalue weighted by molar-refractivity contribution is 0.223. The summed E-state index contributed by atoms with van der Waals surface area (Å²) in [6.45, 7) is 2.83. The summed E-state index contributed by atoms with van der Waals surface area (Å²) in [5.74, 6) is 0.760. The van der Waals surface area contributed by atoms with Gasteiger partial charge in [0, 0.05) is 43.5 Å². The number of hydrogen-bond donors (Lipinski definition) is 1. The van der Waals surface area contributed by atoms with Crippen molar-refractivity contribution in [3.05, 3.63) is 34.9 Å². The molecular formula is C17H23N5OS. The van der Waals surface area contributed by atoms with E-state index in [2.05, 4.69) is 27.2 Å². The lowest BCUT2D eigenvalue weighted by Crippen LogP contribution is -2.33. The van der Waals surface area contributed by atoms with Gasteiger partial charge in [0.15, 0.2) is 5.13 Å². The Hall–Kier alpha value is -2.02. The average molecular weight is 345 g/mol. The minimum Gasteiger partial charge on any atom is -0.327 e. The zero-order valence-electron chi connectivity index (χ0n) is 14.2. The third-order valence-electron chi connectivity index (χ3n) is 4.50. The molecule has 0 spiro atoms. The number of nitrogens with zero attached hydrogens (tertiary/aromatic N) is 4. The molecule has 2 heterocycles. The summed E-state index contributed by atoms with van der Waals surface area (Å²) in [4.78, 5) is 28.2. The SMILES string of the molecule is CC[C@H]1CCc2nc(NC(=O)N(C)CCc3cnccn3)sc2C1. The Kier molecular flexibility index (Phi) is 5.40. The maximum absolute atomic E-state index is 12.3. The Labute approximate surface area is 146 Å². The van der Waals surface area contributed by atoms with Crippen molar-refractivity contribution in [3.63, 3.8) is 0 Å². The van der Waals surface area contributed by atoms with Crippen molar-refractivity contribution in [3.8, 4) is 0 Å². The van der Waals surface area contributed by atoms with Gasteiger partial charge in [-0.05, 0) is 25.2 Å². The molecular weight excluding hydrogens is 322 g/mol. The van der Waals surface area contributed by atoms with Gasteiger partial charge in [0.1, 0.15) is 0 Å². The van der Waals surface area contributed by atoms with Crippen molar-refractivity contribution in [1.29, 1.82) is 0 Å². The number of nitrogens with one attached hydrogen (secondary N) is 1. The van der Waals surface area contributed by atoms with E-state index in [4.69, 9.17) is 0 Å². The van der Waals surface area contributed by atoms with E-state index in [-0.39, 0.29) is 6.03 Å². The number of carbonyl (C=O) groups is 1. The number of urea groups is 1. The zero-order chi connectivity index (χ0) is 16.9. The van der Waals surface area contributed by atoms with Crippen LogP contribution in [0.4, 0.5) is 9.93 Å². The summed E-state index contributed by atoms with van der Waals surface area (Å²) < 4.78 is 0. The average Bonchev–Trinajstić information content (AvgIpc) is 3.01. The molecule has 0 aromatic carbocycles. The first-order chi connectivity index (χ1) is 11.7. The van der Waals surface area contributed by atoms with Crippen LogP contribution in [0.15, 0.2) is 18.6 Å². The highest BCUT2D eigenvalue weighted by molar-refractivity contribution is 7.15. The minimum atomic E-state index is -0.128. The van der Waals surface area contributed by atoms with Crippen molar-refractivity contribution in [2.24, 2.45) is 5.92 Å². The molecule has 0 bridgehead atoms. The minimum absolute atomic E-state index is 0.128. The number of carbonyl (C=O) groups excluding carboxylic acids is 1. The van der Waals surface area contributed by atoms with Crippen LogP contribution in [-0.2, 0) is 19.3 Å². The number of aryl methyl sites for hydroxylation is 1. The third kappa shape index (κ3) is 4.08. The monoisotopic (exact) mass is 345 g/mol. The summed E-state index contributed by atoms with van der Waals surface area (Å²) in [6.07, 6.45) is 10.3. The van der Waals surface area contributed by atoms with Gasteiger partial charge in [0.25, 0.3) is 0 Å². The molecule has 1 atom stereocenters. The molecule has 0 fully saturated rings. The van der Waals surface area contributed by atoms with E-state index in [1.54, 1.807) is 41.9 Å². The topological polar surface area (TPSA) is 71.0 Å². The van der Waals surface area contributed by atoms with E-state index in [0.29, 0.717) is 18.1 Å². The van der Waals surface area contributed by atoms with Gasteiger partial charge in [-0.25, -0.2) is 9.78 Å². The molecule has 24 heavy (non-hydrogen) atoms. The fraction of sp³-hybridized carbons (Fsp3) is 0.529. The molecule has 128 valence electrons. The predicted molar refractivity (Wildman–Crippen MR) is 95.3 cm³/mol. The molecule has 1 aliphatic carbocycles. The summed E-state index contributed by atoms with van der Waals surface area (Å²) in [5.41, 5.74) is 2.05. The Bertz CT molecular complexity index is 688. The van der Waals surface area contributed by atoms with Crippen LogP contribution in [0, 0.1) is 5.92 Å². The van der Waals surface area contributed by atoms with Crippen molar-refractivity contribution in [1.82, 2.24) is 19.9 Å². The van der Waals surface area contributed by atoms with Crippen LogP contribution in [0.5, 0.6) is 0 Å². The number of hydrogen-bond acceptors (Lipinski definition) is 5. The predicted octanol–water partition coefficient (Wildman–Crippen LogP) is 3.15. The lowest BCUT2D eigenvalue weighted by Gasteiger charge is -2.18. The lowest BCUT2D eigenvalue weighted by atomic mass is 9.89. The molecule has 7 heteroatoms. The standard InChI is InChI=1S/C17H23N5OS/c1-3-12-4-5-14-15(10-12)24-16(20-14)21-17(23)22(2)9-6-13-11-18-7-8-19-13/h7-8,11-12H,3-6,9-10H2,1-2H3,(H,20,21,23)/t12-/m0/s1. The molecule has 0 radical (unpaired) electrons. The van der Waals surface area contributed by atoms with E-state index in [9.17, 15) is 4.79 Å². The summed E-state index contributed by atoms with van der Waals surface area (Å²) in [6, 6.07) is -0.128. The number of thiazole rings is 1. The van der Waals surface area contributed by atoms with Crippen LogP contribution in [0.25, 0.3) is 0 Å². The number of anilines is 1. The van der Waals surface area contributed by atoms with Gasteiger partial charge in [-0.15, -0.1) is 11.3 Å². The molecule has 1 aliphatic rings. The second kappa shape index (κ2) is 7.70. The summed E-state index contributed by atoms with van der Waals surface area (Å²) in [7, 11) is 1.78. The Balaban J connectivity index is 1.54. The maximum atomic E-state index is 12.3. The number of likely N-dealkylation sites (N-methyl/N-ethyl adjacent to an activating group) is 1. The molecule has 0 saturated heterocycles. The molecule has 2 amide bonds. The van der Waals surface area contributed by atoms with Crippen molar-refractivity contribution in [2.45, 2.75) is 39.0 Å². The van der Waals surface area contributed by atoms with Gasteiger partial charge in [0.2, 0.25) is 0 Å². The zero-order valence-corrected chi connectivity index (χ0v) is 15.0. The molecule has 3 rings (SSSR count). The first kappa shape index (κ1) is 16.8. The third-order valence-corrected chi connectivity index (χ3v) is 5.54. The van der Waals surface area contributed by atoms with E-state index >= 15 is 0 Å². The second-order valence-electron chi connectivity index (χ2n) is 6.20. The van der Waals surface area contributed by atoms with Gasteiger partial charge >= 0.3 is 6.03 Å². The second-order valence-corrected chi connectivity index (χ2v) is 7.29. The fourth-order valence-corrected chi connectivity index (χ4v) is 3.99. The van der Waals surface area contributed by atoms with Gasteiger partial charge in [-0.2, -0.15) is 0 Å². The van der Waals surface area contributed by atoms with E-state index in [0.717, 1.165) is 24.5 Å². The summed E-state index contributed by atoms with van der Waals surface area (Å²) in [5, 5.41) is 3.64. The largest absolute Gasteiger partial charge is 0.327 e. The molecule has 0 saturated carbocycles. The van der Waals surface area contributed by atoms with Crippen LogP contribution < -0.4 is 5.32 Å². The van der Waals surface area contributed by atoms with E-state index in [1.165, 1.54) is 23.4 Å². The maximum Gasteiger partial charge on any atom is 0.323 e. The molecule has 2 aromatic rings. The molecule has 0 aliphatic heterocycles. The first-order valence-electron chi connectivity index (χ1n) is 8.41. The first-order valence-corrected chi connectivity index (χ1v) is 9.23. The van der Waals surface area contributed by atoms with Crippen LogP contribution in [0.2, 0.25) is 0 Å². The smallest absolute Gasteiger partial charge is 0.323 e. The van der Waals surface area contributed by atoms with Crippen LogP contribution >= 0.6 is 11.3 Å². The number of rotatable bonds is 5. The highest BCUT2D eigenvalue weighted by Gasteiger charge is 2.22. The fourth-order valence-electron chi connectivity index (χ4n) is 2.87. The van der Waals surface area contributed by atoms with Gasteiger partial charge in [0.05, 0.1) is 11.4 Å².